The van der Waals surface area contributed by atoms with Crippen molar-refractivity contribution in [1.82, 2.24) is 4.98 Å². The second-order valence-electron chi connectivity index (χ2n) is 4.09. The Morgan fingerprint density at radius 3 is 2.40 bits per heavy atom. The molecule has 0 saturated heterocycles. The molecule has 15 heavy (non-hydrogen) atoms. The zero-order valence-corrected chi connectivity index (χ0v) is 9.40. The SMILES string of the molecule is COc1ccc(C(=O)OC(C)(C)C)cn1. The van der Waals surface area contributed by atoms with Gasteiger partial charge in [0.05, 0.1) is 12.7 Å². The zero-order chi connectivity index (χ0) is 11.5. The summed E-state index contributed by atoms with van der Waals surface area (Å²) in [7, 11) is 1.52. The van der Waals surface area contributed by atoms with Crippen molar-refractivity contribution in [2.75, 3.05) is 7.11 Å². The number of hydrogen-bond donors (Lipinski definition) is 0. The molecule has 4 heteroatoms. The normalized spacial score (nSPS) is 10.9. The van der Waals surface area contributed by atoms with Gasteiger partial charge >= 0.3 is 5.97 Å². The van der Waals surface area contributed by atoms with Crippen LogP contribution < -0.4 is 4.74 Å². The molecule has 0 atom stereocenters. The summed E-state index contributed by atoms with van der Waals surface area (Å²) >= 11 is 0. The van der Waals surface area contributed by atoms with Gasteiger partial charge in [0.2, 0.25) is 5.88 Å². The molecule has 1 aromatic heterocycles. The smallest absolute Gasteiger partial charge is 0.340 e. The second kappa shape index (κ2) is 4.29. The fourth-order valence-electron chi connectivity index (χ4n) is 0.959. The number of pyridine rings is 1. The van der Waals surface area contributed by atoms with Crippen LogP contribution >= 0.6 is 0 Å². The number of carbonyl (C=O) groups excluding carboxylic acids is 1. The highest BCUT2D eigenvalue weighted by molar-refractivity contribution is 5.89. The van der Waals surface area contributed by atoms with Gasteiger partial charge in [0.15, 0.2) is 0 Å². The number of carbonyl (C=O) groups is 1. The van der Waals surface area contributed by atoms with E-state index in [4.69, 9.17) is 9.47 Å². The average molecular weight is 209 g/mol. The maximum Gasteiger partial charge on any atom is 0.340 e. The molecule has 0 aliphatic carbocycles. The maximum atomic E-state index is 11.6. The van der Waals surface area contributed by atoms with E-state index < -0.39 is 5.60 Å². The minimum absolute atomic E-state index is 0.377. The lowest BCUT2D eigenvalue weighted by Gasteiger charge is -2.19. The third-order valence-electron chi connectivity index (χ3n) is 1.58. The van der Waals surface area contributed by atoms with Crippen LogP contribution in [0.25, 0.3) is 0 Å². The van der Waals surface area contributed by atoms with Gasteiger partial charge in [0.25, 0.3) is 0 Å². The van der Waals surface area contributed by atoms with E-state index >= 15 is 0 Å². The number of esters is 1. The number of methoxy groups -OCH3 is 1. The van der Waals surface area contributed by atoms with E-state index in [1.165, 1.54) is 13.3 Å². The van der Waals surface area contributed by atoms with Crippen LogP contribution in [0.4, 0.5) is 0 Å². The second-order valence-corrected chi connectivity index (χ2v) is 4.09. The summed E-state index contributed by atoms with van der Waals surface area (Å²) in [5.41, 5.74) is -0.0671. The first-order valence-electron chi connectivity index (χ1n) is 4.66. The molecule has 4 nitrogen and oxygen atoms in total. The standard InChI is InChI=1S/C11H15NO3/c1-11(2,3)15-10(13)8-5-6-9(14-4)12-7-8/h5-7H,1-4H3. The van der Waals surface area contributed by atoms with Crippen molar-refractivity contribution in [3.05, 3.63) is 23.9 Å². The third kappa shape index (κ3) is 3.58. The number of aromatic nitrogens is 1. The van der Waals surface area contributed by atoms with Crippen LogP contribution in [0.2, 0.25) is 0 Å². The summed E-state index contributed by atoms with van der Waals surface area (Å²) in [5.74, 6) is 0.0972. The van der Waals surface area contributed by atoms with E-state index in [1.54, 1.807) is 12.1 Å². The van der Waals surface area contributed by atoms with Crippen LogP contribution in [-0.2, 0) is 4.74 Å². The van der Waals surface area contributed by atoms with E-state index in [9.17, 15) is 4.79 Å². The van der Waals surface area contributed by atoms with Crippen LogP contribution in [0.1, 0.15) is 31.1 Å². The number of nitrogens with zero attached hydrogens (tertiary/aromatic N) is 1. The highest BCUT2D eigenvalue weighted by atomic mass is 16.6. The number of ether oxygens (including phenoxy) is 2. The largest absolute Gasteiger partial charge is 0.481 e. The highest BCUT2D eigenvalue weighted by Crippen LogP contribution is 2.13. The fraction of sp³-hybridized carbons (Fsp3) is 0.455. The summed E-state index contributed by atoms with van der Waals surface area (Å²) in [6, 6.07) is 3.25. The molecule has 0 unspecified atom stereocenters. The Balaban J connectivity index is 2.75. The van der Waals surface area contributed by atoms with Gasteiger partial charge in [-0.25, -0.2) is 9.78 Å². The molecule has 1 heterocycles. The van der Waals surface area contributed by atoms with Crippen molar-refractivity contribution in [3.63, 3.8) is 0 Å². The molecule has 0 radical (unpaired) electrons. The molecule has 0 spiro atoms. The molecular formula is C11H15NO3. The van der Waals surface area contributed by atoms with Gasteiger partial charge in [0.1, 0.15) is 5.60 Å². The van der Waals surface area contributed by atoms with Crippen molar-refractivity contribution in [3.8, 4) is 5.88 Å². The van der Waals surface area contributed by atoms with Crippen LogP contribution in [0, 0.1) is 0 Å². The molecule has 0 bridgehead atoms. The molecule has 0 aliphatic rings. The topological polar surface area (TPSA) is 48.4 Å². The first kappa shape index (κ1) is 11.5. The third-order valence-corrected chi connectivity index (χ3v) is 1.58. The summed E-state index contributed by atoms with van der Waals surface area (Å²) in [5, 5.41) is 0. The minimum Gasteiger partial charge on any atom is -0.481 e. The van der Waals surface area contributed by atoms with Gasteiger partial charge in [-0.1, -0.05) is 0 Å². The van der Waals surface area contributed by atoms with Crippen molar-refractivity contribution >= 4 is 5.97 Å². The molecule has 82 valence electrons. The van der Waals surface area contributed by atoms with E-state index in [0.717, 1.165) is 0 Å². The Bertz CT molecular complexity index is 338. The van der Waals surface area contributed by atoms with Gasteiger partial charge in [-0.2, -0.15) is 0 Å². The Kier molecular flexibility index (Phi) is 3.29. The molecule has 0 amide bonds. The summed E-state index contributed by atoms with van der Waals surface area (Å²) in [6.07, 6.45) is 1.44. The maximum absolute atomic E-state index is 11.6. The van der Waals surface area contributed by atoms with Gasteiger partial charge in [-0.05, 0) is 26.8 Å². The van der Waals surface area contributed by atoms with Crippen LogP contribution in [0.15, 0.2) is 18.3 Å². The first-order valence-corrected chi connectivity index (χ1v) is 4.66. The molecular weight excluding hydrogens is 194 g/mol. The zero-order valence-electron chi connectivity index (χ0n) is 9.40. The van der Waals surface area contributed by atoms with Crippen molar-refractivity contribution in [1.29, 1.82) is 0 Å². The monoisotopic (exact) mass is 209 g/mol. The molecule has 0 fully saturated rings. The molecule has 0 saturated carbocycles. The molecule has 0 aromatic carbocycles. The Morgan fingerprint density at radius 1 is 1.33 bits per heavy atom. The average Bonchev–Trinajstić information content (AvgIpc) is 2.15. The van der Waals surface area contributed by atoms with E-state index in [-0.39, 0.29) is 5.97 Å². The minimum atomic E-state index is -0.489. The number of hydrogen-bond acceptors (Lipinski definition) is 4. The molecule has 0 aliphatic heterocycles. The van der Waals surface area contributed by atoms with Crippen LogP contribution in [-0.4, -0.2) is 23.7 Å². The first-order chi connectivity index (χ1) is 6.92. The van der Waals surface area contributed by atoms with Crippen molar-refractivity contribution in [2.24, 2.45) is 0 Å². The predicted molar refractivity (Wildman–Crippen MR) is 56.0 cm³/mol. The quantitative estimate of drug-likeness (QED) is 0.699. The Hall–Kier alpha value is -1.58. The summed E-state index contributed by atoms with van der Waals surface area (Å²) in [4.78, 5) is 15.5. The Morgan fingerprint density at radius 2 is 2.00 bits per heavy atom. The molecule has 1 rings (SSSR count). The molecule has 1 aromatic rings. The van der Waals surface area contributed by atoms with E-state index in [0.29, 0.717) is 11.4 Å². The van der Waals surface area contributed by atoms with Crippen molar-refractivity contribution < 1.29 is 14.3 Å². The van der Waals surface area contributed by atoms with E-state index in [1.807, 2.05) is 20.8 Å². The lowest BCUT2D eigenvalue weighted by atomic mass is 10.2. The van der Waals surface area contributed by atoms with Gasteiger partial charge in [-0.15, -0.1) is 0 Å². The summed E-state index contributed by atoms with van der Waals surface area (Å²) < 4.78 is 10.1. The van der Waals surface area contributed by atoms with Crippen LogP contribution in [0.3, 0.4) is 0 Å². The van der Waals surface area contributed by atoms with Crippen LogP contribution in [0.5, 0.6) is 5.88 Å². The lowest BCUT2D eigenvalue weighted by Crippen LogP contribution is -2.23. The van der Waals surface area contributed by atoms with Crippen molar-refractivity contribution in [2.45, 2.75) is 26.4 Å². The predicted octanol–water partition coefficient (Wildman–Crippen LogP) is 2.05. The fourth-order valence-corrected chi connectivity index (χ4v) is 0.959. The lowest BCUT2D eigenvalue weighted by molar-refractivity contribution is 0.00690. The molecule has 0 N–H and O–H groups in total. The van der Waals surface area contributed by atoms with Gasteiger partial charge < -0.3 is 9.47 Å². The Labute approximate surface area is 89.2 Å². The number of rotatable bonds is 2. The highest BCUT2D eigenvalue weighted by Gasteiger charge is 2.17. The van der Waals surface area contributed by atoms with E-state index in [2.05, 4.69) is 4.98 Å². The van der Waals surface area contributed by atoms with Gasteiger partial charge in [0, 0.05) is 12.3 Å². The van der Waals surface area contributed by atoms with Gasteiger partial charge in [-0.3, -0.25) is 0 Å². The summed E-state index contributed by atoms with van der Waals surface area (Å²) in [6.45, 7) is 5.46.